The van der Waals surface area contributed by atoms with Crippen LogP contribution in [0.3, 0.4) is 0 Å². The molecule has 0 aliphatic heterocycles. The predicted molar refractivity (Wildman–Crippen MR) is 75.6 cm³/mol. The number of ether oxygens (including phenoxy) is 1. The van der Waals surface area contributed by atoms with Crippen LogP contribution in [0, 0.1) is 6.92 Å². The maximum atomic E-state index is 10.9. The zero-order chi connectivity index (χ0) is 14.4. The minimum absolute atomic E-state index is 0.0235. The number of carboxylic acids is 1. The van der Waals surface area contributed by atoms with E-state index in [-0.39, 0.29) is 12.6 Å². The van der Waals surface area contributed by atoms with Gasteiger partial charge in [0.2, 0.25) is 0 Å². The Balaban J connectivity index is 3.06. The first-order chi connectivity index (χ1) is 8.99. The number of rotatable bonds is 7. The standard InChI is InChI=1S/C15H21NO3/c1-5-8-16(10-15(17)18)12(3)13-9-11(2)6-7-14(13)19-4/h5-7,9,12H,1,8,10H2,2-4H3,(H,17,18). The smallest absolute Gasteiger partial charge is 0.317 e. The van der Waals surface area contributed by atoms with Gasteiger partial charge in [0.25, 0.3) is 0 Å². The van der Waals surface area contributed by atoms with Crippen molar-refractivity contribution < 1.29 is 14.6 Å². The largest absolute Gasteiger partial charge is 0.496 e. The Hall–Kier alpha value is -1.81. The number of hydrogen-bond acceptors (Lipinski definition) is 3. The van der Waals surface area contributed by atoms with Crippen LogP contribution in [0.15, 0.2) is 30.9 Å². The van der Waals surface area contributed by atoms with E-state index in [0.717, 1.165) is 16.9 Å². The highest BCUT2D eigenvalue weighted by Gasteiger charge is 2.20. The fourth-order valence-corrected chi connectivity index (χ4v) is 2.08. The van der Waals surface area contributed by atoms with Crippen LogP contribution in [-0.2, 0) is 4.79 Å². The summed E-state index contributed by atoms with van der Waals surface area (Å²) < 4.78 is 5.35. The van der Waals surface area contributed by atoms with Crippen molar-refractivity contribution in [3.8, 4) is 5.75 Å². The molecule has 1 unspecified atom stereocenters. The molecule has 0 heterocycles. The van der Waals surface area contributed by atoms with Gasteiger partial charge in [0, 0.05) is 18.2 Å². The molecule has 0 spiro atoms. The van der Waals surface area contributed by atoms with Gasteiger partial charge in [-0.05, 0) is 19.9 Å². The second-order valence-corrected chi connectivity index (χ2v) is 4.53. The molecule has 1 N–H and O–H groups in total. The van der Waals surface area contributed by atoms with Crippen molar-refractivity contribution in [2.24, 2.45) is 0 Å². The van der Waals surface area contributed by atoms with E-state index in [9.17, 15) is 4.79 Å². The van der Waals surface area contributed by atoms with Crippen molar-refractivity contribution in [2.75, 3.05) is 20.2 Å². The highest BCUT2D eigenvalue weighted by molar-refractivity contribution is 5.69. The molecule has 0 saturated carbocycles. The lowest BCUT2D eigenvalue weighted by Gasteiger charge is -2.28. The van der Waals surface area contributed by atoms with Crippen LogP contribution in [0.1, 0.15) is 24.1 Å². The van der Waals surface area contributed by atoms with Crippen LogP contribution in [0.25, 0.3) is 0 Å². The second kappa shape index (κ2) is 6.95. The average molecular weight is 263 g/mol. The van der Waals surface area contributed by atoms with E-state index in [1.807, 2.05) is 36.9 Å². The van der Waals surface area contributed by atoms with Crippen LogP contribution < -0.4 is 4.74 Å². The van der Waals surface area contributed by atoms with Crippen molar-refractivity contribution in [2.45, 2.75) is 19.9 Å². The molecule has 1 aromatic carbocycles. The van der Waals surface area contributed by atoms with E-state index in [1.54, 1.807) is 13.2 Å². The van der Waals surface area contributed by atoms with Gasteiger partial charge in [-0.15, -0.1) is 6.58 Å². The van der Waals surface area contributed by atoms with Crippen LogP contribution in [-0.4, -0.2) is 36.2 Å². The van der Waals surface area contributed by atoms with Gasteiger partial charge in [-0.3, -0.25) is 9.69 Å². The fourth-order valence-electron chi connectivity index (χ4n) is 2.08. The lowest BCUT2D eigenvalue weighted by molar-refractivity contribution is -0.138. The second-order valence-electron chi connectivity index (χ2n) is 4.53. The zero-order valence-corrected chi connectivity index (χ0v) is 11.7. The van der Waals surface area contributed by atoms with Crippen molar-refractivity contribution in [3.05, 3.63) is 42.0 Å². The molecule has 0 aliphatic carbocycles. The summed E-state index contributed by atoms with van der Waals surface area (Å²) in [5.41, 5.74) is 2.11. The van der Waals surface area contributed by atoms with E-state index >= 15 is 0 Å². The summed E-state index contributed by atoms with van der Waals surface area (Å²) in [7, 11) is 1.62. The Morgan fingerprint density at radius 2 is 2.26 bits per heavy atom. The van der Waals surface area contributed by atoms with E-state index < -0.39 is 5.97 Å². The molecule has 0 radical (unpaired) electrons. The normalized spacial score (nSPS) is 12.2. The summed E-state index contributed by atoms with van der Waals surface area (Å²) in [5.74, 6) is -0.0714. The van der Waals surface area contributed by atoms with E-state index in [2.05, 4.69) is 6.58 Å². The Morgan fingerprint density at radius 3 is 2.79 bits per heavy atom. The Bertz CT molecular complexity index is 457. The van der Waals surface area contributed by atoms with E-state index in [0.29, 0.717) is 6.54 Å². The number of carboxylic acid groups (broad SMARTS) is 1. The van der Waals surface area contributed by atoms with Gasteiger partial charge in [0.05, 0.1) is 13.7 Å². The van der Waals surface area contributed by atoms with Crippen molar-refractivity contribution >= 4 is 5.97 Å². The predicted octanol–water partition coefficient (Wildman–Crippen LogP) is 2.64. The number of hydrogen-bond donors (Lipinski definition) is 1. The quantitative estimate of drug-likeness (QED) is 0.768. The summed E-state index contributed by atoms with van der Waals surface area (Å²) in [5, 5.41) is 8.98. The summed E-state index contributed by atoms with van der Waals surface area (Å²) in [6.07, 6.45) is 1.71. The SMILES string of the molecule is C=CCN(CC(=O)O)C(C)c1cc(C)ccc1OC. The van der Waals surface area contributed by atoms with E-state index in [4.69, 9.17) is 9.84 Å². The molecule has 0 fully saturated rings. The highest BCUT2D eigenvalue weighted by Crippen LogP contribution is 2.29. The first-order valence-corrected chi connectivity index (χ1v) is 6.20. The molecule has 0 aliphatic rings. The molecule has 0 amide bonds. The summed E-state index contributed by atoms with van der Waals surface area (Å²) in [4.78, 5) is 12.8. The summed E-state index contributed by atoms with van der Waals surface area (Å²) >= 11 is 0. The van der Waals surface area contributed by atoms with Gasteiger partial charge < -0.3 is 9.84 Å². The Morgan fingerprint density at radius 1 is 1.58 bits per heavy atom. The third kappa shape index (κ3) is 4.10. The molecule has 0 saturated heterocycles. The maximum Gasteiger partial charge on any atom is 0.317 e. The maximum absolute atomic E-state index is 10.9. The molecule has 1 atom stereocenters. The first kappa shape index (κ1) is 15.2. The molecule has 0 aromatic heterocycles. The number of aryl methyl sites for hydroxylation is 1. The van der Waals surface area contributed by atoms with Gasteiger partial charge >= 0.3 is 5.97 Å². The molecule has 19 heavy (non-hydrogen) atoms. The van der Waals surface area contributed by atoms with Gasteiger partial charge in [-0.2, -0.15) is 0 Å². The van der Waals surface area contributed by atoms with Crippen molar-refractivity contribution in [3.63, 3.8) is 0 Å². The minimum atomic E-state index is -0.847. The highest BCUT2D eigenvalue weighted by atomic mass is 16.5. The van der Waals surface area contributed by atoms with Crippen molar-refractivity contribution in [1.29, 1.82) is 0 Å². The van der Waals surface area contributed by atoms with Crippen LogP contribution in [0.2, 0.25) is 0 Å². The number of benzene rings is 1. The fraction of sp³-hybridized carbons (Fsp3) is 0.400. The Labute approximate surface area is 114 Å². The minimum Gasteiger partial charge on any atom is -0.496 e. The summed E-state index contributed by atoms with van der Waals surface area (Å²) in [6.45, 7) is 8.15. The third-order valence-corrected chi connectivity index (χ3v) is 3.08. The molecule has 0 bridgehead atoms. The molecule has 1 aromatic rings. The zero-order valence-electron chi connectivity index (χ0n) is 11.7. The number of aliphatic carboxylic acids is 1. The lowest BCUT2D eigenvalue weighted by Crippen LogP contribution is -2.32. The lowest BCUT2D eigenvalue weighted by atomic mass is 10.0. The molecular weight excluding hydrogens is 242 g/mol. The topological polar surface area (TPSA) is 49.8 Å². The summed E-state index contributed by atoms with van der Waals surface area (Å²) in [6, 6.07) is 5.86. The monoisotopic (exact) mass is 263 g/mol. The molecule has 4 nitrogen and oxygen atoms in total. The van der Waals surface area contributed by atoms with Crippen molar-refractivity contribution in [1.82, 2.24) is 4.90 Å². The van der Waals surface area contributed by atoms with Gasteiger partial charge in [0.1, 0.15) is 5.75 Å². The van der Waals surface area contributed by atoms with E-state index in [1.165, 1.54) is 0 Å². The van der Waals surface area contributed by atoms with Gasteiger partial charge in [-0.25, -0.2) is 0 Å². The number of methoxy groups -OCH3 is 1. The van der Waals surface area contributed by atoms with Crippen LogP contribution >= 0.6 is 0 Å². The third-order valence-electron chi connectivity index (χ3n) is 3.08. The van der Waals surface area contributed by atoms with Gasteiger partial charge in [-0.1, -0.05) is 23.8 Å². The van der Waals surface area contributed by atoms with Crippen LogP contribution in [0.4, 0.5) is 0 Å². The van der Waals surface area contributed by atoms with Gasteiger partial charge in [0.15, 0.2) is 0 Å². The Kier molecular flexibility index (Phi) is 5.57. The number of carbonyl (C=O) groups is 1. The molecular formula is C15H21NO3. The molecule has 104 valence electrons. The molecule has 4 heteroatoms. The number of nitrogens with zero attached hydrogens (tertiary/aromatic N) is 1. The average Bonchev–Trinajstić information content (AvgIpc) is 2.37. The molecule has 1 rings (SSSR count). The van der Waals surface area contributed by atoms with Crippen LogP contribution in [0.5, 0.6) is 5.75 Å². The first-order valence-electron chi connectivity index (χ1n) is 6.20.